The number of likely N-dealkylation sites (tertiary alicyclic amines) is 1. The first-order chi connectivity index (χ1) is 13.7. The molecule has 1 saturated carbocycles. The molecule has 4 nitrogen and oxygen atoms in total. The topological polar surface area (TPSA) is 48.6 Å². The Bertz CT molecular complexity index is 814. The van der Waals surface area contributed by atoms with Gasteiger partial charge in [-0.15, -0.1) is 0 Å². The van der Waals surface area contributed by atoms with E-state index in [1.165, 1.54) is 43.5 Å². The lowest BCUT2D eigenvalue weighted by Crippen LogP contribution is -2.59. The molecule has 1 aliphatic heterocycles. The second-order valence-corrected chi connectivity index (χ2v) is 9.25. The molecule has 1 saturated heterocycles. The summed E-state index contributed by atoms with van der Waals surface area (Å²) in [5.74, 6) is 2.95. The number of furan rings is 1. The van der Waals surface area contributed by atoms with Gasteiger partial charge < -0.3 is 14.8 Å². The van der Waals surface area contributed by atoms with Crippen molar-refractivity contribution in [3.63, 3.8) is 0 Å². The van der Waals surface area contributed by atoms with E-state index in [2.05, 4.69) is 29.3 Å². The molecule has 2 fully saturated rings. The number of fused-ring (bicyclic) bond motifs is 4. The zero-order chi connectivity index (χ0) is 19.1. The fourth-order valence-electron chi connectivity index (χ4n) is 5.82. The highest BCUT2D eigenvalue weighted by Crippen LogP contribution is 2.52. The average molecular weight is 381 g/mol. The normalized spacial score (nSPS) is 29.6. The molecule has 5 rings (SSSR count). The molecule has 1 aromatic heterocycles. The van der Waals surface area contributed by atoms with Gasteiger partial charge in [-0.1, -0.05) is 13.0 Å². The van der Waals surface area contributed by atoms with Crippen molar-refractivity contribution in [2.24, 2.45) is 11.8 Å². The molecule has 4 heteroatoms. The molecule has 2 N–H and O–H groups in total. The number of benzene rings is 1. The first-order valence-electron chi connectivity index (χ1n) is 11.0. The van der Waals surface area contributed by atoms with Crippen LogP contribution in [0.5, 0.6) is 5.75 Å². The van der Waals surface area contributed by atoms with Gasteiger partial charge in [0.05, 0.1) is 12.8 Å². The molecular formula is C24H32N2O2. The smallest absolute Gasteiger partial charge is 0.117 e. The van der Waals surface area contributed by atoms with Crippen LogP contribution in [-0.4, -0.2) is 35.7 Å². The van der Waals surface area contributed by atoms with Crippen LogP contribution in [0, 0.1) is 11.8 Å². The summed E-state index contributed by atoms with van der Waals surface area (Å²) in [7, 11) is 0. The standard InChI is InChI=1S/C24H32N2O2/c1-17-23-13-19-6-7-20(27)14-22(19)24(17,9-11-26(23)16-18-4-5-18)8-10-25-15-21-3-2-12-28-21/h2-3,6-7,12,14,17-18,23,25,27H,4-5,8-11,13,15-16H2,1H3/t17-,23+,24+/m0/s1. The molecule has 2 bridgehead atoms. The van der Waals surface area contributed by atoms with Crippen molar-refractivity contribution >= 4 is 0 Å². The van der Waals surface area contributed by atoms with Crippen LogP contribution in [-0.2, 0) is 18.4 Å². The Kier molecular flexibility index (Phi) is 4.72. The molecule has 150 valence electrons. The molecule has 0 unspecified atom stereocenters. The van der Waals surface area contributed by atoms with Gasteiger partial charge in [0.25, 0.3) is 0 Å². The van der Waals surface area contributed by atoms with Crippen LogP contribution in [0.15, 0.2) is 41.0 Å². The van der Waals surface area contributed by atoms with Crippen LogP contribution in [0.3, 0.4) is 0 Å². The summed E-state index contributed by atoms with van der Waals surface area (Å²) in [6.07, 6.45) is 8.01. The second kappa shape index (κ2) is 7.23. The molecule has 3 atom stereocenters. The first-order valence-corrected chi connectivity index (χ1v) is 11.0. The van der Waals surface area contributed by atoms with Gasteiger partial charge >= 0.3 is 0 Å². The number of aromatic hydroxyl groups is 1. The fraction of sp³-hybridized carbons (Fsp3) is 0.583. The Labute approximate surface area is 167 Å². The quantitative estimate of drug-likeness (QED) is 0.711. The number of hydrogen-bond donors (Lipinski definition) is 2. The number of piperidine rings is 1. The summed E-state index contributed by atoms with van der Waals surface area (Å²) >= 11 is 0. The highest BCUT2D eigenvalue weighted by atomic mass is 16.3. The maximum Gasteiger partial charge on any atom is 0.117 e. The SMILES string of the molecule is C[C@H]1[C@H]2Cc3ccc(O)cc3[C@]1(CCNCc1ccco1)CCN2CC1CC1. The number of rotatable bonds is 7. The van der Waals surface area contributed by atoms with Gasteiger partial charge in [-0.05, 0) is 92.4 Å². The van der Waals surface area contributed by atoms with E-state index < -0.39 is 0 Å². The molecule has 2 aliphatic carbocycles. The van der Waals surface area contributed by atoms with Crippen LogP contribution in [0.4, 0.5) is 0 Å². The van der Waals surface area contributed by atoms with Crippen LogP contribution >= 0.6 is 0 Å². The lowest BCUT2D eigenvalue weighted by atomic mass is 9.56. The monoisotopic (exact) mass is 380 g/mol. The van der Waals surface area contributed by atoms with Gasteiger partial charge in [0.2, 0.25) is 0 Å². The number of phenols is 1. The summed E-state index contributed by atoms with van der Waals surface area (Å²) in [6, 6.07) is 10.7. The summed E-state index contributed by atoms with van der Waals surface area (Å²) in [5.41, 5.74) is 3.02. The van der Waals surface area contributed by atoms with Gasteiger partial charge in [-0.2, -0.15) is 0 Å². The number of nitrogens with zero attached hydrogens (tertiary/aromatic N) is 1. The predicted molar refractivity (Wildman–Crippen MR) is 110 cm³/mol. The average Bonchev–Trinajstić information content (AvgIpc) is 3.35. The predicted octanol–water partition coefficient (Wildman–Crippen LogP) is 4.08. The lowest BCUT2D eigenvalue weighted by molar-refractivity contribution is 0.0158. The van der Waals surface area contributed by atoms with Crippen LogP contribution in [0.25, 0.3) is 0 Å². The van der Waals surface area contributed by atoms with Crippen molar-refractivity contribution < 1.29 is 9.52 Å². The van der Waals surface area contributed by atoms with E-state index in [1.54, 1.807) is 6.26 Å². The van der Waals surface area contributed by atoms with Crippen molar-refractivity contribution in [3.8, 4) is 5.75 Å². The number of phenolic OH excluding ortho intramolecular Hbond substituents is 1. The number of hydrogen-bond acceptors (Lipinski definition) is 4. The van der Waals surface area contributed by atoms with E-state index in [4.69, 9.17) is 4.42 Å². The minimum Gasteiger partial charge on any atom is -0.508 e. The Morgan fingerprint density at radius 1 is 1.29 bits per heavy atom. The Morgan fingerprint density at radius 3 is 2.96 bits per heavy atom. The van der Waals surface area contributed by atoms with Crippen molar-refractivity contribution in [1.82, 2.24) is 10.2 Å². The molecule has 28 heavy (non-hydrogen) atoms. The first kappa shape index (κ1) is 18.3. The molecular weight excluding hydrogens is 348 g/mol. The van der Waals surface area contributed by atoms with Crippen molar-refractivity contribution in [2.45, 2.75) is 57.0 Å². The molecule has 1 aromatic carbocycles. The van der Waals surface area contributed by atoms with E-state index in [1.807, 2.05) is 18.2 Å². The molecule has 0 spiro atoms. The van der Waals surface area contributed by atoms with Gasteiger partial charge in [0.15, 0.2) is 0 Å². The Morgan fingerprint density at radius 2 is 2.18 bits per heavy atom. The summed E-state index contributed by atoms with van der Waals surface area (Å²) in [5, 5.41) is 13.8. The molecule has 0 radical (unpaired) electrons. The van der Waals surface area contributed by atoms with E-state index in [9.17, 15) is 5.11 Å². The molecule has 0 amide bonds. The van der Waals surface area contributed by atoms with Gasteiger partial charge in [0, 0.05) is 18.0 Å². The van der Waals surface area contributed by atoms with Crippen molar-refractivity contribution in [2.75, 3.05) is 19.6 Å². The van der Waals surface area contributed by atoms with Gasteiger partial charge in [-0.3, -0.25) is 4.90 Å². The molecule has 3 aliphatic rings. The van der Waals surface area contributed by atoms with Crippen LogP contribution in [0.2, 0.25) is 0 Å². The summed E-state index contributed by atoms with van der Waals surface area (Å²) in [6.45, 7) is 6.69. The zero-order valence-electron chi connectivity index (χ0n) is 16.9. The van der Waals surface area contributed by atoms with Gasteiger partial charge in [-0.25, -0.2) is 0 Å². The van der Waals surface area contributed by atoms with E-state index in [0.29, 0.717) is 17.7 Å². The highest BCUT2D eigenvalue weighted by molar-refractivity contribution is 5.44. The maximum atomic E-state index is 10.2. The van der Waals surface area contributed by atoms with E-state index in [0.717, 1.165) is 37.6 Å². The van der Waals surface area contributed by atoms with Crippen molar-refractivity contribution in [1.29, 1.82) is 0 Å². The molecule has 2 aromatic rings. The van der Waals surface area contributed by atoms with Crippen LogP contribution in [0.1, 0.15) is 49.5 Å². The van der Waals surface area contributed by atoms with Crippen LogP contribution < -0.4 is 5.32 Å². The fourth-order valence-corrected chi connectivity index (χ4v) is 5.82. The van der Waals surface area contributed by atoms with Gasteiger partial charge in [0.1, 0.15) is 11.5 Å². The summed E-state index contributed by atoms with van der Waals surface area (Å²) in [4.78, 5) is 2.78. The third kappa shape index (κ3) is 3.27. The third-order valence-electron chi connectivity index (χ3n) is 7.64. The van der Waals surface area contributed by atoms with E-state index in [-0.39, 0.29) is 5.41 Å². The lowest BCUT2D eigenvalue weighted by Gasteiger charge is -2.56. The third-order valence-corrected chi connectivity index (χ3v) is 7.64. The number of nitrogens with one attached hydrogen (secondary N) is 1. The maximum absolute atomic E-state index is 10.2. The zero-order valence-corrected chi connectivity index (χ0v) is 16.9. The largest absolute Gasteiger partial charge is 0.508 e. The minimum absolute atomic E-state index is 0.160. The van der Waals surface area contributed by atoms with E-state index >= 15 is 0 Å². The second-order valence-electron chi connectivity index (χ2n) is 9.25. The Balaban J connectivity index is 1.38. The minimum atomic E-state index is 0.160. The highest BCUT2D eigenvalue weighted by Gasteiger charge is 2.51. The summed E-state index contributed by atoms with van der Waals surface area (Å²) < 4.78 is 5.45. The molecule has 2 heterocycles. The van der Waals surface area contributed by atoms with Crippen molar-refractivity contribution in [3.05, 3.63) is 53.5 Å². The Hall–Kier alpha value is -1.78.